The number of amides is 2. The highest BCUT2D eigenvalue weighted by Gasteiger charge is 2.63. The van der Waals surface area contributed by atoms with Crippen molar-refractivity contribution in [2.45, 2.75) is 45.4 Å². The first-order valence-electron chi connectivity index (χ1n) is 9.38. The molecule has 1 aromatic carbocycles. The first-order valence-corrected chi connectivity index (χ1v) is 10.1. The fourth-order valence-corrected chi connectivity index (χ4v) is 5.45. The normalized spacial score (nSPS) is 28.5. The molecular weight excluding hydrogens is 401 g/mol. The van der Waals surface area contributed by atoms with Gasteiger partial charge in [-0.05, 0) is 38.8 Å². The fraction of sp³-hybridized carbons (Fsp3) is 0.450. The molecule has 28 heavy (non-hydrogen) atoms. The molecule has 6 nitrogen and oxygen atoms in total. The van der Waals surface area contributed by atoms with Gasteiger partial charge in [0.1, 0.15) is 0 Å². The van der Waals surface area contributed by atoms with E-state index in [4.69, 9.17) is 27.9 Å². The van der Waals surface area contributed by atoms with Crippen molar-refractivity contribution in [3.05, 3.63) is 45.2 Å². The van der Waals surface area contributed by atoms with Gasteiger partial charge in [-0.15, -0.1) is 0 Å². The summed E-state index contributed by atoms with van der Waals surface area (Å²) in [5.74, 6) is -1.04. The van der Waals surface area contributed by atoms with Crippen molar-refractivity contribution in [2.24, 2.45) is 11.8 Å². The van der Waals surface area contributed by atoms with Crippen molar-refractivity contribution in [1.29, 1.82) is 0 Å². The molecule has 1 aromatic heterocycles. The Morgan fingerprint density at radius 3 is 2.21 bits per heavy atom. The van der Waals surface area contributed by atoms with Gasteiger partial charge in [-0.1, -0.05) is 29.3 Å². The van der Waals surface area contributed by atoms with Gasteiger partial charge in [0.05, 0.1) is 47.7 Å². The zero-order valence-corrected chi connectivity index (χ0v) is 17.0. The van der Waals surface area contributed by atoms with Gasteiger partial charge < -0.3 is 4.74 Å². The number of aryl methyl sites for hydroxylation is 1. The van der Waals surface area contributed by atoms with Crippen molar-refractivity contribution in [3.63, 3.8) is 0 Å². The number of ether oxygens (including phenoxy) is 1. The van der Waals surface area contributed by atoms with Gasteiger partial charge in [0.15, 0.2) is 0 Å². The summed E-state index contributed by atoms with van der Waals surface area (Å²) in [6.45, 7) is 4.04. The van der Waals surface area contributed by atoms with Gasteiger partial charge in [0.25, 0.3) is 0 Å². The van der Waals surface area contributed by atoms with Gasteiger partial charge in [-0.2, -0.15) is 5.10 Å². The number of rotatable bonds is 3. The van der Waals surface area contributed by atoms with Crippen molar-refractivity contribution < 1.29 is 14.3 Å². The maximum Gasteiger partial charge on any atom is 0.240 e. The Bertz CT molecular complexity index is 970. The molecule has 3 saturated heterocycles. The van der Waals surface area contributed by atoms with Gasteiger partial charge in [0.2, 0.25) is 11.8 Å². The maximum atomic E-state index is 13.1. The van der Waals surface area contributed by atoms with E-state index in [-0.39, 0.29) is 35.9 Å². The lowest BCUT2D eigenvalue weighted by molar-refractivity contribution is -0.124. The smallest absolute Gasteiger partial charge is 0.240 e. The van der Waals surface area contributed by atoms with E-state index < -0.39 is 0 Å². The molecule has 0 radical (unpaired) electrons. The first kappa shape index (κ1) is 18.2. The number of anilines is 1. The Balaban J connectivity index is 1.52. The van der Waals surface area contributed by atoms with Crippen LogP contribution in [0, 0.1) is 25.7 Å². The largest absolute Gasteiger partial charge is 0.373 e. The number of nitrogens with zero attached hydrogens (tertiary/aromatic N) is 3. The molecule has 3 aliphatic rings. The lowest BCUT2D eigenvalue weighted by Crippen LogP contribution is -2.35. The van der Waals surface area contributed by atoms with Crippen LogP contribution in [0.15, 0.2) is 18.2 Å². The molecule has 0 N–H and O–H groups in total. The predicted molar refractivity (Wildman–Crippen MR) is 105 cm³/mol. The predicted octanol–water partition coefficient (Wildman–Crippen LogP) is 3.52. The van der Waals surface area contributed by atoms with Crippen molar-refractivity contribution in [2.75, 3.05) is 4.90 Å². The minimum absolute atomic E-state index is 0.131. The number of aromatic nitrogens is 2. The summed E-state index contributed by atoms with van der Waals surface area (Å²) < 4.78 is 7.56. The van der Waals surface area contributed by atoms with E-state index in [0.29, 0.717) is 28.0 Å². The highest BCUT2D eigenvalue weighted by molar-refractivity contribution is 6.36. The molecule has 2 aromatic rings. The molecule has 0 unspecified atom stereocenters. The molecule has 3 fully saturated rings. The lowest BCUT2D eigenvalue weighted by Gasteiger charge is -2.18. The van der Waals surface area contributed by atoms with Crippen LogP contribution >= 0.6 is 23.2 Å². The average molecular weight is 420 g/mol. The Labute approximate surface area is 172 Å². The van der Waals surface area contributed by atoms with E-state index in [1.165, 1.54) is 4.90 Å². The molecule has 2 amide bonds. The molecule has 2 bridgehead atoms. The number of carbonyl (C=O) groups excluding carboxylic acids is 2. The quantitative estimate of drug-likeness (QED) is 0.713. The Morgan fingerprint density at radius 1 is 1.07 bits per heavy atom. The van der Waals surface area contributed by atoms with Crippen LogP contribution in [0.4, 0.5) is 5.69 Å². The van der Waals surface area contributed by atoms with Crippen LogP contribution < -0.4 is 4.90 Å². The number of benzene rings is 1. The molecule has 0 saturated carbocycles. The van der Waals surface area contributed by atoms with Crippen LogP contribution in [0.25, 0.3) is 0 Å². The first-order chi connectivity index (χ1) is 13.4. The maximum absolute atomic E-state index is 13.1. The van der Waals surface area contributed by atoms with Crippen LogP contribution in [-0.2, 0) is 20.9 Å². The number of hydrogen-bond donors (Lipinski definition) is 0. The number of imide groups is 1. The minimum Gasteiger partial charge on any atom is -0.373 e. The van der Waals surface area contributed by atoms with Crippen LogP contribution in [0.2, 0.25) is 10.0 Å². The second-order valence-electron chi connectivity index (χ2n) is 7.73. The minimum atomic E-state index is -0.355. The van der Waals surface area contributed by atoms with Crippen molar-refractivity contribution in [1.82, 2.24) is 9.78 Å². The third-order valence-electron chi connectivity index (χ3n) is 6.22. The van der Waals surface area contributed by atoms with Gasteiger partial charge in [0, 0.05) is 15.6 Å². The Morgan fingerprint density at radius 2 is 1.64 bits per heavy atom. The highest BCUT2D eigenvalue weighted by Crippen LogP contribution is 2.50. The molecule has 8 heteroatoms. The van der Waals surface area contributed by atoms with Gasteiger partial charge in [-0.3, -0.25) is 14.3 Å². The summed E-state index contributed by atoms with van der Waals surface area (Å²) in [5.41, 5.74) is 2.70. The Hall–Kier alpha value is -1.89. The summed E-state index contributed by atoms with van der Waals surface area (Å²) in [5, 5.41) is 5.68. The summed E-state index contributed by atoms with van der Waals surface area (Å²) >= 11 is 12.6. The molecule has 4 atom stereocenters. The average Bonchev–Trinajstić information content (AvgIpc) is 3.38. The number of carbonyl (C=O) groups is 2. The number of hydrogen-bond acceptors (Lipinski definition) is 4. The molecule has 4 heterocycles. The fourth-order valence-electron chi connectivity index (χ4n) is 4.93. The van der Waals surface area contributed by atoms with E-state index in [2.05, 4.69) is 5.10 Å². The van der Waals surface area contributed by atoms with E-state index in [0.717, 1.165) is 24.1 Å². The van der Waals surface area contributed by atoms with Gasteiger partial charge in [-0.25, -0.2) is 4.90 Å². The standard InChI is InChI=1S/C20H19Cl2N3O3/c1-9-18(10(2)24(23-9)8-11-12(21)4-3-5-13(11)22)25-19(26)16-14-6-7-15(28-14)17(16)20(25)27/h3-5,14-17H,6-8H2,1-2H3/t14-,15-,16-,17+/m0/s1. The summed E-state index contributed by atoms with van der Waals surface area (Å²) in [6.07, 6.45) is 1.44. The molecule has 146 valence electrons. The Kier molecular flexibility index (Phi) is 4.09. The monoisotopic (exact) mass is 419 g/mol. The summed E-state index contributed by atoms with van der Waals surface area (Å²) in [4.78, 5) is 27.6. The third kappa shape index (κ3) is 2.41. The topological polar surface area (TPSA) is 64.4 Å². The lowest BCUT2D eigenvalue weighted by atomic mass is 9.81. The SMILES string of the molecule is Cc1nn(Cc2c(Cl)cccc2Cl)c(C)c1N1C(=O)[C@@H]2[C@H](C1=O)[C@@H]1CC[C@@H]2O1. The van der Waals surface area contributed by atoms with E-state index in [9.17, 15) is 9.59 Å². The third-order valence-corrected chi connectivity index (χ3v) is 6.93. The molecular formula is C20H19Cl2N3O3. The highest BCUT2D eigenvalue weighted by atomic mass is 35.5. The zero-order valence-electron chi connectivity index (χ0n) is 15.5. The van der Waals surface area contributed by atoms with E-state index >= 15 is 0 Å². The van der Waals surface area contributed by atoms with Crippen LogP contribution in [0.5, 0.6) is 0 Å². The molecule has 0 aliphatic carbocycles. The van der Waals surface area contributed by atoms with Gasteiger partial charge >= 0.3 is 0 Å². The second-order valence-corrected chi connectivity index (χ2v) is 8.55. The van der Waals surface area contributed by atoms with Crippen molar-refractivity contribution >= 4 is 40.7 Å². The summed E-state index contributed by atoms with van der Waals surface area (Å²) in [7, 11) is 0. The molecule has 3 aliphatic heterocycles. The van der Waals surface area contributed by atoms with E-state index in [1.807, 2.05) is 13.8 Å². The van der Waals surface area contributed by atoms with E-state index in [1.54, 1.807) is 22.9 Å². The zero-order chi connectivity index (χ0) is 19.7. The molecule has 5 rings (SSSR count). The van der Waals surface area contributed by atoms with Crippen LogP contribution in [-0.4, -0.2) is 33.8 Å². The van der Waals surface area contributed by atoms with Crippen LogP contribution in [0.1, 0.15) is 29.8 Å². The molecule has 0 spiro atoms. The van der Waals surface area contributed by atoms with Crippen molar-refractivity contribution in [3.8, 4) is 0 Å². The second kappa shape index (κ2) is 6.31. The van der Waals surface area contributed by atoms with Crippen LogP contribution in [0.3, 0.4) is 0 Å². The summed E-state index contributed by atoms with van der Waals surface area (Å²) in [6, 6.07) is 5.34. The number of fused-ring (bicyclic) bond motifs is 5. The number of halogens is 2.